The first-order valence-corrected chi connectivity index (χ1v) is 13.1. The third kappa shape index (κ3) is 4.59. The van der Waals surface area contributed by atoms with Gasteiger partial charge in [0, 0.05) is 64.1 Å². The number of hydrogen-bond acceptors (Lipinski definition) is 7. The van der Waals surface area contributed by atoms with E-state index in [1.807, 2.05) is 41.6 Å². The van der Waals surface area contributed by atoms with Gasteiger partial charge in [0.15, 0.2) is 5.65 Å². The molecule has 1 aromatic carbocycles. The summed E-state index contributed by atoms with van der Waals surface area (Å²) in [5.74, 6) is 1.94. The lowest BCUT2D eigenvalue weighted by Gasteiger charge is -2.27. The fourth-order valence-electron chi connectivity index (χ4n) is 5.37. The Kier molecular flexibility index (Phi) is 6.75. The molecule has 1 fully saturated rings. The van der Waals surface area contributed by atoms with Gasteiger partial charge >= 0.3 is 0 Å². The van der Waals surface area contributed by atoms with E-state index in [-0.39, 0.29) is 18.0 Å². The van der Waals surface area contributed by atoms with Crippen LogP contribution in [0.25, 0.3) is 5.65 Å². The zero-order valence-electron chi connectivity index (χ0n) is 21.9. The minimum absolute atomic E-state index is 0.00276. The minimum Gasteiger partial charge on any atom is -0.384 e. The van der Waals surface area contributed by atoms with Crippen LogP contribution in [0.15, 0.2) is 30.3 Å². The monoisotopic (exact) mass is 490 g/mol. The zero-order valence-corrected chi connectivity index (χ0v) is 21.9. The van der Waals surface area contributed by atoms with Gasteiger partial charge in [0.2, 0.25) is 0 Å². The number of amides is 1. The summed E-state index contributed by atoms with van der Waals surface area (Å²) in [6, 6.07) is 10.2. The number of carbonyl (C=O) groups excluding carboxylic acids is 1. The van der Waals surface area contributed by atoms with Crippen molar-refractivity contribution >= 4 is 28.9 Å². The van der Waals surface area contributed by atoms with E-state index in [1.165, 1.54) is 0 Å². The van der Waals surface area contributed by atoms with Gasteiger partial charge in [0.25, 0.3) is 5.91 Å². The number of hydrogen-bond donors (Lipinski definition) is 2. The van der Waals surface area contributed by atoms with Crippen LogP contribution in [0.4, 0.5) is 17.3 Å². The molecule has 3 aromatic rings. The van der Waals surface area contributed by atoms with Crippen molar-refractivity contribution < 1.29 is 4.79 Å². The third-order valence-electron chi connectivity index (χ3n) is 7.51. The molecule has 0 saturated carbocycles. The molecule has 0 spiro atoms. The number of aromatic nitrogens is 3. The van der Waals surface area contributed by atoms with E-state index < -0.39 is 0 Å². The molecule has 9 nitrogen and oxygen atoms in total. The van der Waals surface area contributed by atoms with Crippen molar-refractivity contribution in [3.63, 3.8) is 0 Å². The van der Waals surface area contributed by atoms with Gasteiger partial charge in [-0.15, -0.1) is 0 Å². The van der Waals surface area contributed by atoms with Gasteiger partial charge in [0.05, 0.1) is 17.3 Å². The van der Waals surface area contributed by atoms with E-state index in [1.54, 1.807) is 0 Å². The fourth-order valence-corrected chi connectivity index (χ4v) is 5.37. The minimum atomic E-state index is -0.167. The second-order valence-corrected chi connectivity index (χ2v) is 10.3. The Morgan fingerprint density at radius 2 is 1.97 bits per heavy atom. The van der Waals surface area contributed by atoms with Crippen LogP contribution < -0.4 is 20.9 Å². The summed E-state index contributed by atoms with van der Waals surface area (Å²) < 4.78 is 1.94. The summed E-state index contributed by atoms with van der Waals surface area (Å²) in [5.41, 5.74) is 10.5. The van der Waals surface area contributed by atoms with Crippen molar-refractivity contribution in [2.75, 3.05) is 55.4 Å². The molecule has 5 rings (SSSR count). The van der Waals surface area contributed by atoms with Crippen LogP contribution in [0.2, 0.25) is 0 Å². The highest BCUT2D eigenvalue weighted by Gasteiger charge is 2.28. The number of rotatable bonds is 2. The summed E-state index contributed by atoms with van der Waals surface area (Å²) >= 11 is 0. The number of aryl methyl sites for hydroxylation is 1. The number of carbonyl (C=O) groups is 1. The molecule has 2 aliphatic rings. The van der Waals surface area contributed by atoms with Crippen molar-refractivity contribution in [3.05, 3.63) is 47.2 Å². The predicted octanol–water partition coefficient (Wildman–Crippen LogP) is 3.44. The first-order chi connectivity index (χ1) is 17.4. The number of nitrogens with two attached hydrogens (primary N) is 1. The van der Waals surface area contributed by atoms with Crippen LogP contribution in [-0.4, -0.2) is 71.7 Å². The molecule has 4 heterocycles. The van der Waals surface area contributed by atoms with Gasteiger partial charge in [-0.05, 0) is 44.7 Å². The number of fused-ring (bicyclic) bond motifs is 2. The van der Waals surface area contributed by atoms with Gasteiger partial charge in [-0.25, -0.2) is 4.98 Å². The van der Waals surface area contributed by atoms with E-state index in [0.717, 1.165) is 86.1 Å². The molecule has 1 saturated heterocycles. The Labute approximate surface area is 213 Å². The van der Waals surface area contributed by atoms with E-state index in [0.29, 0.717) is 5.56 Å². The molecule has 192 valence electrons. The molecule has 9 heteroatoms. The number of nitrogens with zero attached hydrogens (tertiary/aromatic N) is 6. The van der Waals surface area contributed by atoms with Gasteiger partial charge < -0.3 is 25.8 Å². The van der Waals surface area contributed by atoms with Crippen molar-refractivity contribution in [2.24, 2.45) is 5.73 Å². The standard InChI is InChI=1S/C27H38N8O/c1-5-23-22-15-25-30-24(34-13-10-19(28)17-34)16-26(35(25)31-22)32(3)12-7-6-11-29-21-9-8-18(2)14-20(21)27(36)33(23)4/h8-9,14-16,19,23,29H,5-7,10-13,17,28H2,1-4H3/t19-,23?/m1/s1. The molecule has 2 aliphatic heterocycles. The summed E-state index contributed by atoms with van der Waals surface area (Å²) in [6.45, 7) is 7.55. The molecule has 2 atom stereocenters. The normalized spacial score (nSPS) is 21.5. The smallest absolute Gasteiger partial charge is 0.256 e. The van der Waals surface area contributed by atoms with Crippen LogP contribution in [0.5, 0.6) is 0 Å². The molecular formula is C27H38N8O. The molecule has 2 bridgehead atoms. The number of anilines is 3. The van der Waals surface area contributed by atoms with Crippen molar-refractivity contribution in [2.45, 2.75) is 51.6 Å². The van der Waals surface area contributed by atoms with E-state index in [2.05, 4.69) is 41.2 Å². The fraction of sp³-hybridized carbons (Fsp3) is 0.519. The lowest BCUT2D eigenvalue weighted by Crippen LogP contribution is -2.32. The highest BCUT2D eigenvalue weighted by molar-refractivity contribution is 6.00. The maximum absolute atomic E-state index is 13.7. The van der Waals surface area contributed by atoms with E-state index >= 15 is 0 Å². The van der Waals surface area contributed by atoms with Gasteiger partial charge in [-0.1, -0.05) is 18.6 Å². The molecule has 1 unspecified atom stereocenters. The van der Waals surface area contributed by atoms with E-state index in [9.17, 15) is 4.79 Å². The Balaban J connectivity index is 1.60. The highest BCUT2D eigenvalue weighted by Crippen LogP contribution is 2.31. The topological polar surface area (TPSA) is 95.0 Å². The molecule has 0 radical (unpaired) electrons. The van der Waals surface area contributed by atoms with Gasteiger partial charge in [0.1, 0.15) is 11.6 Å². The van der Waals surface area contributed by atoms with Crippen molar-refractivity contribution in [3.8, 4) is 0 Å². The third-order valence-corrected chi connectivity index (χ3v) is 7.51. The average Bonchev–Trinajstić information content (AvgIpc) is 3.49. The van der Waals surface area contributed by atoms with Crippen molar-refractivity contribution in [1.82, 2.24) is 19.5 Å². The maximum Gasteiger partial charge on any atom is 0.256 e. The number of nitrogens with one attached hydrogen (secondary N) is 1. The van der Waals surface area contributed by atoms with Crippen LogP contribution in [0.1, 0.15) is 60.3 Å². The summed E-state index contributed by atoms with van der Waals surface area (Å²) in [7, 11) is 3.99. The maximum atomic E-state index is 13.7. The SMILES string of the molecule is CCC1c2cc3nc(N4CC[C@@H](N)C4)cc(n3n2)N(C)CCCCNc2ccc(C)cc2C(=O)N1C. The Morgan fingerprint density at radius 3 is 2.72 bits per heavy atom. The Morgan fingerprint density at radius 1 is 1.14 bits per heavy atom. The Hall–Kier alpha value is -3.33. The first kappa shape index (κ1) is 24.4. The summed E-state index contributed by atoms with van der Waals surface area (Å²) in [4.78, 5) is 25.1. The molecule has 3 N–H and O–H groups in total. The van der Waals surface area contributed by atoms with Gasteiger partial charge in [-0.2, -0.15) is 9.61 Å². The predicted molar refractivity (Wildman–Crippen MR) is 145 cm³/mol. The summed E-state index contributed by atoms with van der Waals surface area (Å²) in [6.07, 6.45) is 3.73. The zero-order chi connectivity index (χ0) is 25.4. The molecular weight excluding hydrogens is 452 g/mol. The molecule has 2 aromatic heterocycles. The largest absolute Gasteiger partial charge is 0.384 e. The van der Waals surface area contributed by atoms with Crippen molar-refractivity contribution in [1.29, 1.82) is 0 Å². The average molecular weight is 491 g/mol. The first-order valence-electron chi connectivity index (χ1n) is 13.1. The van der Waals surface area contributed by atoms with Crippen LogP contribution in [0, 0.1) is 6.92 Å². The van der Waals surface area contributed by atoms with Gasteiger partial charge in [-0.3, -0.25) is 4.79 Å². The second kappa shape index (κ2) is 9.97. The Bertz CT molecular complexity index is 1250. The quantitative estimate of drug-likeness (QED) is 0.568. The lowest BCUT2D eigenvalue weighted by atomic mass is 10.0. The molecule has 0 aliphatic carbocycles. The van der Waals surface area contributed by atoms with Crippen LogP contribution in [0.3, 0.4) is 0 Å². The van der Waals surface area contributed by atoms with Crippen LogP contribution >= 0.6 is 0 Å². The van der Waals surface area contributed by atoms with E-state index in [4.69, 9.17) is 15.8 Å². The molecule has 1 amide bonds. The number of benzene rings is 1. The van der Waals surface area contributed by atoms with Crippen LogP contribution in [-0.2, 0) is 0 Å². The lowest BCUT2D eigenvalue weighted by molar-refractivity contribution is 0.0723. The molecule has 36 heavy (non-hydrogen) atoms. The second-order valence-electron chi connectivity index (χ2n) is 10.3. The highest BCUT2D eigenvalue weighted by atomic mass is 16.2. The summed E-state index contributed by atoms with van der Waals surface area (Å²) in [5, 5.41) is 8.52.